The molecule has 0 unspecified atom stereocenters. The predicted octanol–water partition coefficient (Wildman–Crippen LogP) is 1.73. The Hall–Kier alpha value is -1.06. The van der Waals surface area contributed by atoms with Crippen molar-refractivity contribution in [3.05, 3.63) is 29.8 Å². The van der Waals surface area contributed by atoms with Crippen LogP contribution in [0.25, 0.3) is 0 Å². The lowest BCUT2D eigenvalue weighted by molar-refractivity contribution is 0.259. The molecule has 1 rings (SSSR count). The van der Waals surface area contributed by atoms with E-state index >= 15 is 0 Å². The SMILES string of the molecule is CN(C)CCOc1ccccc1CCN(C)C. The second-order valence-corrected chi connectivity index (χ2v) is 4.81. The lowest BCUT2D eigenvalue weighted by Crippen LogP contribution is -2.20. The van der Waals surface area contributed by atoms with Gasteiger partial charge in [-0.05, 0) is 46.2 Å². The average molecular weight is 236 g/mol. The van der Waals surface area contributed by atoms with Crippen LogP contribution in [0.4, 0.5) is 0 Å². The van der Waals surface area contributed by atoms with Gasteiger partial charge in [-0.25, -0.2) is 0 Å². The Morgan fingerprint density at radius 3 is 2.24 bits per heavy atom. The Morgan fingerprint density at radius 1 is 0.941 bits per heavy atom. The van der Waals surface area contributed by atoms with Gasteiger partial charge in [0.15, 0.2) is 0 Å². The smallest absolute Gasteiger partial charge is 0.122 e. The summed E-state index contributed by atoms with van der Waals surface area (Å²) in [5.74, 6) is 1.02. The molecule has 0 fully saturated rings. The van der Waals surface area contributed by atoms with Crippen molar-refractivity contribution < 1.29 is 4.74 Å². The predicted molar refractivity (Wildman–Crippen MR) is 72.7 cm³/mol. The van der Waals surface area contributed by atoms with Crippen LogP contribution >= 0.6 is 0 Å². The van der Waals surface area contributed by atoms with Gasteiger partial charge in [0, 0.05) is 13.1 Å². The van der Waals surface area contributed by atoms with E-state index in [0.717, 1.165) is 31.9 Å². The number of para-hydroxylation sites is 1. The molecule has 3 heteroatoms. The van der Waals surface area contributed by atoms with Gasteiger partial charge in [-0.3, -0.25) is 0 Å². The van der Waals surface area contributed by atoms with Crippen LogP contribution in [0.3, 0.4) is 0 Å². The van der Waals surface area contributed by atoms with E-state index in [1.807, 2.05) is 6.07 Å². The van der Waals surface area contributed by atoms with Gasteiger partial charge in [0.2, 0.25) is 0 Å². The van der Waals surface area contributed by atoms with E-state index in [1.165, 1.54) is 5.56 Å². The first-order chi connectivity index (χ1) is 8.09. The molecular weight excluding hydrogens is 212 g/mol. The molecule has 0 bridgehead atoms. The fourth-order valence-corrected chi connectivity index (χ4v) is 1.53. The third kappa shape index (κ3) is 5.71. The maximum absolute atomic E-state index is 5.82. The zero-order valence-corrected chi connectivity index (χ0v) is 11.4. The molecular formula is C14H24N2O. The lowest BCUT2D eigenvalue weighted by Gasteiger charge is -2.15. The Kier molecular flexibility index (Phi) is 6.01. The van der Waals surface area contributed by atoms with Crippen LogP contribution in [0.2, 0.25) is 0 Å². The Labute approximate surface area is 105 Å². The quantitative estimate of drug-likeness (QED) is 0.717. The number of ether oxygens (including phenoxy) is 1. The summed E-state index contributed by atoms with van der Waals surface area (Å²) in [5.41, 5.74) is 1.29. The average Bonchev–Trinajstić information content (AvgIpc) is 2.27. The summed E-state index contributed by atoms with van der Waals surface area (Å²) in [7, 11) is 8.30. The third-order valence-electron chi connectivity index (χ3n) is 2.60. The molecule has 0 saturated heterocycles. The molecule has 0 aromatic heterocycles. The summed E-state index contributed by atoms with van der Waals surface area (Å²) < 4.78 is 5.82. The third-order valence-corrected chi connectivity index (χ3v) is 2.60. The van der Waals surface area contributed by atoms with Gasteiger partial charge in [0.1, 0.15) is 12.4 Å². The first kappa shape index (κ1) is 14.0. The summed E-state index contributed by atoms with van der Waals surface area (Å²) in [6, 6.07) is 8.31. The molecule has 0 atom stereocenters. The Morgan fingerprint density at radius 2 is 1.59 bits per heavy atom. The van der Waals surface area contributed by atoms with Crippen molar-refractivity contribution in [3.8, 4) is 5.75 Å². The van der Waals surface area contributed by atoms with Gasteiger partial charge in [0.05, 0.1) is 0 Å². The molecule has 0 spiro atoms. The standard InChI is InChI=1S/C14H24N2O/c1-15(2)10-9-13-7-5-6-8-14(13)17-12-11-16(3)4/h5-8H,9-12H2,1-4H3. The molecule has 0 aliphatic rings. The highest BCUT2D eigenvalue weighted by Gasteiger charge is 2.03. The van der Waals surface area contributed by atoms with Gasteiger partial charge < -0.3 is 14.5 Å². The van der Waals surface area contributed by atoms with E-state index in [4.69, 9.17) is 4.74 Å². The van der Waals surface area contributed by atoms with Crippen molar-refractivity contribution in [1.29, 1.82) is 0 Å². The second kappa shape index (κ2) is 7.30. The van der Waals surface area contributed by atoms with Gasteiger partial charge in [-0.2, -0.15) is 0 Å². The van der Waals surface area contributed by atoms with Gasteiger partial charge in [-0.1, -0.05) is 18.2 Å². The Balaban J connectivity index is 2.51. The van der Waals surface area contributed by atoms with Crippen LogP contribution in [0.15, 0.2) is 24.3 Å². The van der Waals surface area contributed by atoms with Crippen molar-refractivity contribution in [2.45, 2.75) is 6.42 Å². The minimum absolute atomic E-state index is 0.742. The van der Waals surface area contributed by atoms with E-state index in [9.17, 15) is 0 Å². The van der Waals surface area contributed by atoms with Gasteiger partial charge >= 0.3 is 0 Å². The topological polar surface area (TPSA) is 15.7 Å². The number of rotatable bonds is 7. The number of likely N-dealkylation sites (N-methyl/N-ethyl adjacent to an activating group) is 2. The van der Waals surface area contributed by atoms with E-state index < -0.39 is 0 Å². The second-order valence-electron chi connectivity index (χ2n) is 4.81. The molecule has 0 aliphatic carbocycles. The van der Waals surface area contributed by atoms with E-state index in [0.29, 0.717) is 0 Å². The fourth-order valence-electron chi connectivity index (χ4n) is 1.53. The summed E-state index contributed by atoms with van der Waals surface area (Å²) in [4.78, 5) is 4.32. The van der Waals surface area contributed by atoms with E-state index in [2.05, 4.69) is 56.2 Å². The molecule has 17 heavy (non-hydrogen) atoms. The highest BCUT2D eigenvalue weighted by Crippen LogP contribution is 2.18. The molecule has 0 aliphatic heterocycles. The number of hydrogen-bond donors (Lipinski definition) is 0. The van der Waals surface area contributed by atoms with Gasteiger partial charge in [0.25, 0.3) is 0 Å². The first-order valence-corrected chi connectivity index (χ1v) is 6.10. The van der Waals surface area contributed by atoms with Crippen molar-refractivity contribution in [2.75, 3.05) is 47.9 Å². The highest BCUT2D eigenvalue weighted by atomic mass is 16.5. The number of hydrogen-bond acceptors (Lipinski definition) is 3. The molecule has 0 heterocycles. The monoisotopic (exact) mass is 236 g/mol. The molecule has 1 aromatic rings. The van der Waals surface area contributed by atoms with Crippen LogP contribution in [-0.2, 0) is 6.42 Å². The van der Waals surface area contributed by atoms with Crippen LogP contribution in [0.1, 0.15) is 5.56 Å². The normalized spacial score (nSPS) is 11.2. The maximum Gasteiger partial charge on any atom is 0.122 e. The van der Waals surface area contributed by atoms with E-state index in [1.54, 1.807) is 0 Å². The Bertz CT molecular complexity index is 324. The van der Waals surface area contributed by atoms with Crippen LogP contribution in [-0.4, -0.2) is 57.7 Å². The van der Waals surface area contributed by atoms with Crippen LogP contribution in [0.5, 0.6) is 5.75 Å². The molecule has 96 valence electrons. The van der Waals surface area contributed by atoms with Crippen molar-refractivity contribution in [2.24, 2.45) is 0 Å². The summed E-state index contributed by atoms with van der Waals surface area (Å²) in [6.07, 6.45) is 1.03. The first-order valence-electron chi connectivity index (χ1n) is 6.10. The van der Waals surface area contributed by atoms with Crippen molar-refractivity contribution >= 4 is 0 Å². The number of benzene rings is 1. The zero-order valence-electron chi connectivity index (χ0n) is 11.4. The molecule has 3 nitrogen and oxygen atoms in total. The summed E-state index contributed by atoms with van der Waals surface area (Å²) in [5, 5.41) is 0. The van der Waals surface area contributed by atoms with Crippen molar-refractivity contribution in [3.63, 3.8) is 0 Å². The zero-order chi connectivity index (χ0) is 12.7. The lowest BCUT2D eigenvalue weighted by atomic mass is 10.1. The highest BCUT2D eigenvalue weighted by molar-refractivity contribution is 5.33. The van der Waals surface area contributed by atoms with Crippen LogP contribution < -0.4 is 4.74 Å². The summed E-state index contributed by atoms with van der Waals surface area (Å²) in [6.45, 7) is 2.74. The molecule has 0 radical (unpaired) electrons. The van der Waals surface area contributed by atoms with Crippen molar-refractivity contribution in [1.82, 2.24) is 9.80 Å². The maximum atomic E-state index is 5.82. The largest absolute Gasteiger partial charge is 0.492 e. The minimum Gasteiger partial charge on any atom is -0.492 e. The van der Waals surface area contributed by atoms with Crippen LogP contribution in [0, 0.1) is 0 Å². The molecule has 0 N–H and O–H groups in total. The van der Waals surface area contributed by atoms with Gasteiger partial charge in [-0.15, -0.1) is 0 Å². The summed E-state index contributed by atoms with van der Waals surface area (Å²) >= 11 is 0. The van der Waals surface area contributed by atoms with E-state index in [-0.39, 0.29) is 0 Å². The minimum atomic E-state index is 0.742. The molecule has 0 amide bonds. The number of nitrogens with zero attached hydrogens (tertiary/aromatic N) is 2. The molecule has 0 saturated carbocycles. The molecule has 1 aromatic carbocycles. The fraction of sp³-hybridized carbons (Fsp3) is 0.571.